The zero-order valence-electron chi connectivity index (χ0n) is 11.4. The number of amides is 1. The molecule has 1 saturated carbocycles. The summed E-state index contributed by atoms with van der Waals surface area (Å²) in [5.74, 6) is 0.429. The molecule has 1 aromatic heterocycles. The van der Waals surface area contributed by atoms with E-state index >= 15 is 0 Å². The summed E-state index contributed by atoms with van der Waals surface area (Å²) in [6.07, 6.45) is 7.73. The standard InChI is InChI=1S/C13H18Br2N4O/c1-16-13(5-3-2-4-6-13)7-10(20)19-12-11(15)18-9(14)8-17-12/h8,16H,2-7H2,1H3,(H,17,19,20). The van der Waals surface area contributed by atoms with E-state index in [1.165, 1.54) is 19.3 Å². The van der Waals surface area contributed by atoms with Crippen molar-refractivity contribution in [2.45, 2.75) is 44.1 Å². The van der Waals surface area contributed by atoms with Crippen LogP contribution in [0.3, 0.4) is 0 Å². The molecule has 1 aliphatic carbocycles. The van der Waals surface area contributed by atoms with E-state index in [2.05, 4.69) is 52.5 Å². The Bertz CT molecular complexity index is 489. The highest BCUT2D eigenvalue weighted by molar-refractivity contribution is 9.11. The predicted molar refractivity (Wildman–Crippen MR) is 85.6 cm³/mol. The number of rotatable bonds is 4. The van der Waals surface area contributed by atoms with Gasteiger partial charge < -0.3 is 10.6 Å². The highest BCUT2D eigenvalue weighted by Crippen LogP contribution is 2.31. The molecule has 5 nitrogen and oxygen atoms in total. The van der Waals surface area contributed by atoms with Crippen LogP contribution in [0.4, 0.5) is 5.82 Å². The van der Waals surface area contributed by atoms with Crippen molar-refractivity contribution in [1.82, 2.24) is 15.3 Å². The van der Waals surface area contributed by atoms with Gasteiger partial charge in [0.25, 0.3) is 0 Å². The maximum Gasteiger partial charge on any atom is 0.227 e. The number of carbonyl (C=O) groups is 1. The summed E-state index contributed by atoms with van der Waals surface area (Å²) >= 11 is 6.53. The summed E-state index contributed by atoms with van der Waals surface area (Å²) in [4.78, 5) is 20.5. The number of anilines is 1. The fraction of sp³-hybridized carbons (Fsp3) is 0.615. The maximum absolute atomic E-state index is 12.2. The zero-order chi connectivity index (χ0) is 14.6. The summed E-state index contributed by atoms with van der Waals surface area (Å²) < 4.78 is 1.16. The SMILES string of the molecule is CNC1(CC(=O)Nc2ncc(Br)nc2Br)CCCCC1. The van der Waals surface area contributed by atoms with Crippen molar-refractivity contribution in [3.8, 4) is 0 Å². The molecule has 1 heterocycles. The van der Waals surface area contributed by atoms with Crippen molar-refractivity contribution in [3.63, 3.8) is 0 Å². The van der Waals surface area contributed by atoms with Gasteiger partial charge in [0.2, 0.25) is 5.91 Å². The van der Waals surface area contributed by atoms with Gasteiger partial charge in [-0.1, -0.05) is 19.3 Å². The van der Waals surface area contributed by atoms with Gasteiger partial charge in [0.05, 0.1) is 6.20 Å². The quantitative estimate of drug-likeness (QED) is 0.806. The van der Waals surface area contributed by atoms with Crippen LogP contribution in [0.15, 0.2) is 15.4 Å². The van der Waals surface area contributed by atoms with Crippen LogP contribution in [0, 0.1) is 0 Å². The maximum atomic E-state index is 12.2. The average molecular weight is 406 g/mol. The molecule has 0 radical (unpaired) electrons. The molecular formula is C13H18Br2N4O. The van der Waals surface area contributed by atoms with Crippen LogP contribution in [-0.2, 0) is 4.79 Å². The van der Waals surface area contributed by atoms with Gasteiger partial charge in [-0.05, 0) is 51.7 Å². The summed E-state index contributed by atoms with van der Waals surface area (Å²) in [6.45, 7) is 0. The van der Waals surface area contributed by atoms with E-state index in [0.717, 1.165) is 12.8 Å². The highest BCUT2D eigenvalue weighted by atomic mass is 79.9. The van der Waals surface area contributed by atoms with E-state index in [0.29, 0.717) is 21.4 Å². The predicted octanol–water partition coefficient (Wildman–Crippen LogP) is 3.25. The molecule has 2 rings (SSSR count). The molecule has 0 aromatic carbocycles. The first-order chi connectivity index (χ1) is 9.54. The van der Waals surface area contributed by atoms with Gasteiger partial charge in [-0.3, -0.25) is 4.79 Å². The van der Waals surface area contributed by atoms with Gasteiger partial charge in [-0.2, -0.15) is 0 Å². The Balaban J connectivity index is 2.00. The summed E-state index contributed by atoms with van der Waals surface area (Å²) in [6, 6.07) is 0. The Hall–Kier alpha value is -0.530. The molecule has 0 spiro atoms. The fourth-order valence-corrected chi connectivity index (χ4v) is 3.57. The number of nitrogens with one attached hydrogen (secondary N) is 2. The molecule has 1 aliphatic rings. The van der Waals surface area contributed by atoms with Crippen molar-refractivity contribution in [2.24, 2.45) is 0 Å². The normalized spacial score (nSPS) is 17.8. The lowest BCUT2D eigenvalue weighted by molar-refractivity contribution is -0.118. The van der Waals surface area contributed by atoms with Gasteiger partial charge in [0.1, 0.15) is 9.21 Å². The zero-order valence-corrected chi connectivity index (χ0v) is 14.6. The van der Waals surface area contributed by atoms with Crippen LogP contribution < -0.4 is 10.6 Å². The highest BCUT2D eigenvalue weighted by Gasteiger charge is 2.32. The van der Waals surface area contributed by atoms with E-state index in [4.69, 9.17) is 0 Å². The Labute approximate surface area is 135 Å². The van der Waals surface area contributed by atoms with Crippen molar-refractivity contribution in [3.05, 3.63) is 15.4 Å². The third-order valence-electron chi connectivity index (χ3n) is 3.80. The second-order valence-corrected chi connectivity index (χ2v) is 6.71. The van der Waals surface area contributed by atoms with Gasteiger partial charge in [-0.15, -0.1) is 0 Å². The molecule has 1 aromatic rings. The van der Waals surface area contributed by atoms with Crippen molar-refractivity contribution in [1.29, 1.82) is 0 Å². The molecular weight excluding hydrogens is 388 g/mol. The molecule has 0 unspecified atom stereocenters. The monoisotopic (exact) mass is 404 g/mol. The average Bonchev–Trinajstić information content (AvgIpc) is 2.43. The fourth-order valence-electron chi connectivity index (χ4n) is 2.66. The minimum Gasteiger partial charge on any atom is -0.314 e. The second-order valence-electron chi connectivity index (χ2n) is 5.15. The van der Waals surface area contributed by atoms with Gasteiger partial charge in [0, 0.05) is 12.0 Å². The number of hydrogen-bond donors (Lipinski definition) is 2. The smallest absolute Gasteiger partial charge is 0.227 e. The Morgan fingerprint density at radius 1 is 1.35 bits per heavy atom. The summed E-state index contributed by atoms with van der Waals surface area (Å²) in [7, 11) is 1.94. The van der Waals surface area contributed by atoms with Crippen LogP contribution >= 0.6 is 31.9 Å². The van der Waals surface area contributed by atoms with Crippen molar-refractivity contribution in [2.75, 3.05) is 12.4 Å². The number of hydrogen-bond acceptors (Lipinski definition) is 4. The first kappa shape index (κ1) is 15.9. The summed E-state index contributed by atoms with van der Waals surface area (Å²) in [5.41, 5.74) is -0.0718. The Kier molecular flexibility index (Phi) is 5.51. The molecule has 0 saturated heterocycles. The molecule has 1 amide bonds. The minimum atomic E-state index is -0.0718. The third kappa shape index (κ3) is 3.99. The van der Waals surface area contributed by atoms with E-state index in [9.17, 15) is 4.79 Å². The molecule has 20 heavy (non-hydrogen) atoms. The second kappa shape index (κ2) is 6.95. The van der Waals surface area contributed by atoms with Crippen LogP contribution in [0.5, 0.6) is 0 Å². The van der Waals surface area contributed by atoms with E-state index in [-0.39, 0.29) is 11.4 Å². The molecule has 2 N–H and O–H groups in total. The topological polar surface area (TPSA) is 66.9 Å². The minimum absolute atomic E-state index is 0.0291. The Morgan fingerprint density at radius 2 is 2.05 bits per heavy atom. The first-order valence-electron chi connectivity index (χ1n) is 6.71. The van der Waals surface area contributed by atoms with Crippen LogP contribution in [0.2, 0.25) is 0 Å². The van der Waals surface area contributed by atoms with Crippen molar-refractivity contribution < 1.29 is 4.79 Å². The largest absolute Gasteiger partial charge is 0.314 e. The number of nitrogens with zero attached hydrogens (tertiary/aromatic N) is 2. The Morgan fingerprint density at radius 3 is 2.65 bits per heavy atom. The van der Waals surface area contributed by atoms with Crippen molar-refractivity contribution >= 4 is 43.6 Å². The molecule has 0 atom stereocenters. The number of aromatic nitrogens is 2. The molecule has 1 fully saturated rings. The van der Waals surface area contributed by atoms with Crippen LogP contribution in [0.25, 0.3) is 0 Å². The lowest BCUT2D eigenvalue weighted by Gasteiger charge is -2.36. The lowest BCUT2D eigenvalue weighted by Crippen LogP contribution is -2.47. The number of halogens is 2. The van der Waals surface area contributed by atoms with E-state index < -0.39 is 0 Å². The molecule has 7 heteroatoms. The van der Waals surface area contributed by atoms with Gasteiger partial charge in [0.15, 0.2) is 5.82 Å². The van der Waals surface area contributed by atoms with Gasteiger partial charge in [-0.25, -0.2) is 9.97 Å². The number of carbonyl (C=O) groups excluding carboxylic acids is 1. The third-order valence-corrected chi connectivity index (χ3v) is 4.73. The van der Waals surface area contributed by atoms with Crippen LogP contribution in [-0.4, -0.2) is 28.5 Å². The molecule has 0 aliphatic heterocycles. The van der Waals surface area contributed by atoms with Gasteiger partial charge >= 0.3 is 0 Å². The summed E-state index contributed by atoms with van der Waals surface area (Å²) in [5, 5.41) is 6.17. The van der Waals surface area contributed by atoms with E-state index in [1.54, 1.807) is 6.20 Å². The first-order valence-corrected chi connectivity index (χ1v) is 8.30. The van der Waals surface area contributed by atoms with Crippen LogP contribution in [0.1, 0.15) is 38.5 Å². The molecule has 0 bridgehead atoms. The van der Waals surface area contributed by atoms with E-state index in [1.807, 2.05) is 7.05 Å². The molecule has 110 valence electrons. The lowest BCUT2D eigenvalue weighted by atomic mass is 9.79.